The lowest BCUT2D eigenvalue weighted by Gasteiger charge is -2.31. The Morgan fingerprint density at radius 1 is 1.22 bits per heavy atom. The largest absolute Gasteiger partial charge is 0.326 e. The van der Waals surface area contributed by atoms with Gasteiger partial charge in [0, 0.05) is 23.8 Å². The summed E-state index contributed by atoms with van der Waals surface area (Å²) in [6, 6.07) is 9.93. The number of anilines is 1. The zero-order chi connectivity index (χ0) is 19.6. The van der Waals surface area contributed by atoms with Crippen LogP contribution in [-0.2, 0) is 14.8 Å². The molecule has 0 saturated carbocycles. The number of sulfonamides is 1. The molecule has 3 rings (SSSR count). The monoisotopic (exact) mass is 410 g/mol. The molecule has 144 valence electrons. The molecule has 1 atom stereocenters. The molecule has 1 unspecified atom stereocenters. The van der Waals surface area contributed by atoms with Gasteiger partial charge in [-0.25, -0.2) is 12.8 Å². The van der Waals surface area contributed by atoms with E-state index < -0.39 is 21.8 Å². The van der Waals surface area contributed by atoms with Crippen molar-refractivity contribution in [2.24, 2.45) is 5.92 Å². The second-order valence-corrected chi connectivity index (χ2v) is 8.98. The first kappa shape index (κ1) is 19.8. The van der Waals surface area contributed by atoms with Crippen LogP contribution in [0, 0.1) is 18.7 Å². The third-order valence-corrected chi connectivity index (χ3v) is 6.78. The third-order valence-electron chi connectivity index (χ3n) is 4.66. The van der Waals surface area contributed by atoms with E-state index in [9.17, 15) is 17.6 Å². The van der Waals surface area contributed by atoms with Gasteiger partial charge in [0.25, 0.3) is 0 Å². The molecule has 0 aromatic heterocycles. The maximum absolute atomic E-state index is 13.1. The van der Waals surface area contributed by atoms with Crippen molar-refractivity contribution in [3.05, 3.63) is 58.9 Å². The number of rotatable bonds is 4. The second kappa shape index (κ2) is 7.96. The lowest BCUT2D eigenvalue weighted by atomic mass is 9.98. The number of amides is 1. The summed E-state index contributed by atoms with van der Waals surface area (Å²) in [5.41, 5.74) is 1.49. The molecule has 1 N–H and O–H groups in total. The highest BCUT2D eigenvalue weighted by atomic mass is 35.5. The van der Waals surface area contributed by atoms with E-state index in [1.165, 1.54) is 16.4 Å². The van der Waals surface area contributed by atoms with E-state index in [4.69, 9.17) is 11.6 Å². The minimum atomic E-state index is -3.77. The maximum Gasteiger partial charge on any atom is 0.243 e. The lowest BCUT2D eigenvalue weighted by Crippen LogP contribution is -2.43. The fraction of sp³-hybridized carbons (Fsp3) is 0.316. The number of carbonyl (C=O) groups is 1. The first-order chi connectivity index (χ1) is 12.8. The van der Waals surface area contributed by atoms with Crippen molar-refractivity contribution in [2.75, 3.05) is 18.4 Å². The number of halogens is 2. The summed E-state index contributed by atoms with van der Waals surface area (Å²) in [6.07, 6.45) is 1.17. The smallest absolute Gasteiger partial charge is 0.243 e. The Morgan fingerprint density at radius 2 is 1.93 bits per heavy atom. The van der Waals surface area contributed by atoms with Crippen molar-refractivity contribution < 1.29 is 17.6 Å². The highest BCUT2D eigenvalue weighted by Crippen LogP contribution is 2.26. The molecule has 0 radical (unpaired) electrons. The number of nitrogens with one attached hydrogen (secondary N) is 1. The van der Waals surface area contributed by atoms with Gasteiger partial charge in [-0.3, -0.25) is 4.79 Å². The molecule has 8 heteroatoms. The van der Waals surface area contributed by atoms with Crippen LogP contribution in [0.5, 0.6) is 0 Å². The average Bonchev–Trinajstić information content (AvgIpc) is 2.65. The van der Waals surface area contributed by atoms with Crippen LogP contribution < -0.4 is 5.32 Å². The van der Waals surface area contributed by atoms with Gasteiger partial charge in [-0.1, -0.05) is 17.7 Å². The van der Waals surface area contributed by atoms with Crippen LogP contribution in [0.2, 0.25) is 5.02 Å². The van der Waals surface area contributed by atoms with Crippen molar-refractivity contribution in [2.45, 2.75) is 24.7 Å². The predicted molar refractivity (Wildman–Crippen MR) is 103 cm³/mol. The Kier molecular flexibility index (Phi) is 5.83. The molecule has 27 heavy (non-hydrogen) atoms. The SMILES string of the molecule is Cc1ccc(Cl)cc1NC(=O)C1CCCN(S(=O)(=O)c2ccc(F)cc2)C1. The third kappa shape index (κ3) is 4.48. The molecule has 2 aromatic rings. The fourth-order valence-electron chi connectivity index (χ4n) is 3.09. The van der Waals surface area contributed by atoms with E-state index in [-0.39, 0.29) is 17.3 Å². The number of hydrogen-bond acceptors (Lipinski definition) is 3. The van der Waals surface area contributed by atoms with Crippen LogP contribution in [0.25, 0.3) is 0 Å². The molecule has 0 aliphatic carbocycles. The fourth-order valence-corrected chi connectivity index (χ4v) is 4.79. The number of benzene rings is 2. The van der Waals surface area contributed by atoms with Crippen molar-refractivity contribution in [3.8, 4) is 0 Å². The van der Waals surface area contributed by atoms with Crippen molar-refractivity contribution in [1.82, 2.24) is 4.31 Å². The molecule has 5 nitrogen and oxygen atoms in total. The maximum atomic E-state index is 13.1. The lowest BCUT2D eigenvalue weighted by molar-refractivity contribution is -0.120. The van der Waals surface area contributed by atoms with Gasteiger partial charge < -0.3 is 5.32 Å². The summed E-state index contributed by atoms with van der Waals surface area (Å²) in [7, 11) is -3.77. The zero-order valence-corrected chi connectivity index (χ0v) is 16.4. The highest BCUT2D eigenvalue weighted by molar-refractivity contribution is 7.89. The molecule has 1 aliphatic rings. The summed E-state index contributed by atoms with van der Waals surface area (Å²) >= 11 is 5.98. The van der Waals surface area contributed by atoms with Gasteiger partial charge >= 0.3 is 0 Å². The highest BCUT2D eigenvalue weighted by Gasteiger charge is 2.33. The minimum Gasteiger partial charge on any atom is -0.326 e. The second-order valence-electron chi connectivity index (χ2n) is 6.60. The molecule has 2 aromatic carbocycles. The topological polar surface area (TPSA) is 66.5 Å². The van der Waals surface area contributed by atoms with E-state index in [0.717, 1.165) is 17.7 Å². The molecule has 1 fully saturated rings. The minimum absolute atomic E-state index is 0.0237. The number of hydrogen-bond donors (Lipinski definition) is 1. The van der Waals surface area contributed by atoms with Crippen LogP contribution >= 0.6 is 11.6 Å². The van der Waals surface area contributed by atoms with Gasteiger partial charge in [0.05, 0.1) is 10.8 Å². The van der Waals surface area contributed by atoms with E-state index in [1.807, 2.05) is 13.0 Å². The van der Waals surface area contributed by atoms with E-state index in [1.54, 1.807) is 12.1 Å². The first-order valence-electron chi connectivity index (χ1n) is 8.60. The van der Waals surface area contributed by atoms with Gasteiger partial charge in [0.15, 0.2) is 0 Å². The van der Waals surface area contributed by atoms with Gasteiger partial charge in [-0.2, -0.15) is 4.31 Å². The molecule has 1 saturated heterocycles. The Hall–Kier alpha value is -1.96. The summed E-state index contributed by atoms with van der Waals surface area (Å²) < 4.78 is 39.9. The van der Waals surface area contributed by atoms with Gasteiger partial charge in [0.1, 0.15) is 5.82 Å². The Labute approximate surface area is 163 Å². The van der Waals surface area contributed by atoms with E-state index in [0.29, 0.717) is 30.1 Å². The number of carbonyl (C=O) groups excluding carboxylic acids is 1. The molecule has 1 amide bonds. The van der Waals surface area contributed by atoms with Crippen LogP contribution in [0.1, 0.15) is 18.4 Å². The summed E-state index contributed by atoms with van der Waals surface area (Å²) in [5, 5.41) is 3.36. The van der Waals surface area contributed by atoms with Crippen LogP contribution in [0.3, 0.4) is 0 Å². The normalized spacial score (nSPS) is 18.3. The molecule has 1 aliphatic heterocycles. The van der Waals surface area contributed by atoms with Crippen molar-refractivity contribution >= 4 is 33.2 Å². The predicted octanol–water partition coefficient (Wildman–Crippen LogP) is 3.83. The molecule has 0 spiro atoms. The van der Waals surface area contributed by atoms with Crippen LogP contribution in [-0.4, -0.2) is 31.7 Å². The van der Waals surface area contributed by atoms with Crippen LogP contribution in [0.4, 0.5) is 10.1 Å². The summed E-state index contributed by atoms with van der Waals surface area (Å²) in [6.45, 7) is 2.28. The number of nitrogens with zero attached hydrogens (tertiary/aromatic N) is 1. The number of piperidine rings is 1. The van der Waals surface area contributed by atoms with Gasteiger partial charge in [-0.05, 0) is 61.7 Å². The van der Waals surface area contributed by atoms with Crippen LogP contribution in [0.15, 0.2) is 47.4 Å². The molecule has 1 heterocycles. The number of aryl methyl sites for hydroxylation is 1. The van der Waals surface area contributed by atoms with E-state index in [2.05, 4.69) is 5.32 Å². The summed E-state index contributed by atoms with van der Waals surface area (Å²) in [5.74, 6) is -1.20. The zero-order valence-electron chi connectivity index (χ0n) is 14.8. The quantitative estimate of drug-likeness (QED) is 0.833. The standard InChI is InChI=1S/C19H20ClFN2O3S/c1-13-4-5-15(20)11-18(13)22-19(24)14-3-2-10-23(12-14)27(25,26)17-8-6-16(21)7-9-17/h4-9,11,14H,2-3,10,12H2,1H3,(H,22,24). The molecule has 0 bridgehead atoms. The Morgan fingerprint density at radius 3 is 2.63 bits per heavy atom. The summed E-state index contributed by atoms with van der Waals surface area (Å²) in [4.78, 5) is 12.7. The van der Waals surface area contributed by atoms with Gasteiger partial charge in [0.2, 0.25) is 15.9 Å². The first-order valence-corrected chi connectivity index (χ1v) is 10.4. The van der Waals surface area contributed by atoms with Crippen molar-refractivity contribution in [3.63, 3.8) is 0 Å². The van der Waals surface area contributed by atoms with Gasteiger partial charge in [-0.15, -0.1) is 0 Å². The Balaban J connectivity index is 1.74. The Bertz CT molecular complexity index is 948. The average molecular weight is 411 g/mol. The molecular weight excluding hydrogens is 391 g/mol. The van der Waals surface area contributed by atoms with Crippen molar-refractivity contribution in [1.29, 1.82) is 0 Å². The molecular formula is C19H20ClFN2O3S. The van der Waals surface area contributed by atoms with E-state index >= 15 is 0 Å².